The van der Waals surface area contributed by atoms with E-state index in [2.05, 4.69) is 10.3 Å². The summed E-state index contributed by atoms with van der Waals surface area (Å²) in [6.45, 7) is 3.74. The number of fused-ring (bicyclic) bond motifs is 2. The van der Waals surface area contributed by atoms with E-state index in [9.17, 15) is 8.78 Å². The lowest BCUT2D eigenvalue weighted by molar-refractivity contribution is 0.574. The second-order valence-corrected chi connectivity index (χ2v) is 6.34. The Labute approximate surface area is 138 Å². The Morgan fingerprint density at radius 3 is 2.58 bits per heavy atom. The molecule has 0 fully saturated rings. The van der Waals surface area contributed by atoms with Gasteiger partial charge in [0.1, 0.15) is 22.8 Å². The summed E-state index contributed by atoms with van der Waals surface area (Å²) in [7, 11) is 0. The Kier molecular flexibility index (Phi) is 3.13. The van der Waals surface area contributed by atoms with Crippen molar-refractivity contribution in [1.29, 1.82) is 0 Å². The smallest absolute Gasteiger partial charge is 0.149 e. The number of rotatable bonds is 1. The number of para-hydroxylation sites is 2. The molecule has 1 aliphatic rings. The van der Waals surface area contributed by atoms with E-state index in [-0.39, 0.29) is 11.6 Å². The van der Waals surface area contributed by atoms with E-state index in [0.29, 0.717) is 27.9 Å². The van der Waals surface area contributed by atoms with Gasteiger partial charge in [0.2, 0.25) is 0 Å². The van der Waals surface area contributed by atoms with Gasteiger partial charge < -0.3 is 5.32 Å². The lowest BCUT2D eigenvalue weighted by Crippen LogP contribution is -2.35. The standard InChI is InChI=1S/C19H15F2N3/c1-19(2)23-16(13-6-4-8-15(21)18(13)24-19)12-9-11-5-3-7-14(20)17(11)22-10-12/h3-10,24H,1-2H3. The summed E-state index contributed by atoms with van der Waals surface area (Å²) in [5, 5.41) is 3.79. The second kappa shape index (κ2) is 5.09. The molecule has 0 radical (unpaired) electrons. The van der Waals surface area contributed by atoms with Gasteiger partial charge in [-0.3, -0.25) is 9.98 Å². The van der Waals surface area contributed by atoms with Crippen LogP contribution in [0.4, 0.5) is 14.5 Å². The molecule has 1 N–H and O–H groups in total. The van der Waals surface area contributed by atoms with Gasteiger partial charge in [0.25, 0.3) is 0 Å². The zero-order chi connectivity index (χ0) is 16.9. The molecule has 0 amide bonds. The molecule has 0 atom stereocenters. The number of halogens is 2. The first kappa shape index (κ1) is 14.8. The van der Waals surface area contributed by atoms with Crippen molar-refractivity contribution in [1.82, 2.24) is 4.98 Å². The molecular formula is C19H15F2N3. The predicted octanol–water partition coefficient (Wildman–Crippen LogP) is 4.51. The predicted molar refractivity (Wildman–Crippen MR) is 91.4 cm³/mol. The number of aliphatic imine (C=N–C) groups is 1. The van der Waals surface area contributed by atoms with Crippen molar-refractivity contribution < 1.29 is 8.78 Å². The Balaban J connectivity index is 1.95. The van der Waals surface area contributed by atoms with Gasteiger partial charge in [0.05, 0.1) is 11.4 Å². The minimum absolute atomic E-state index is 0.314. The number of hydrogen-bond acceptors (Lipinski definition) is 3. The summed E-state index contributed by atoms with van der Waals surface area (Å²) in [5.41, 5.74) is 2.14. The molecule has 0 aliphatic carbocycles. The van der Waals surface area contributed by atoms with E-state index in [4.69, 9.17) is 4.99 Å². The first-order chi connectivity index (χ1) is 11.4. The maximum Gasteiger partial charge on any atom is 0.149 e. The van der Waals surface area contributed by atoms with Crippen LogP contribution in [0.3, 0.4) is 0 Å². The average Bonchev–Trinajstić information content (AvgIpc) is 2.54. The van der Waals surface area contributed by atoms with Crippen molar-refractivity contribution in [2.75, 3.05) is 5.32 Å². The lowest BCUT2D eigenvalue weighted by Gasteiger charge is -2.31. The normalized spacial score (nSPS) is 15.6. The maximum absolute atomic E-state index is 14.2. The minimum atomic E-state index is -0.651. The van der Waals surface area contributed by atoms with Crippen molar-refractivity contribution >= 4 is 22.3 Å². The molecule has 3 nitrogen and oxygen atoms in total. The first-order valence-electron chi connectivity index (χ1n) is 7.66. The highest BCUT2D eigenvalue weighted by molar-refractivity contribution is 6.17. The average molecular weight is 323 g/mol. The maximum atomic E-state index is 14.2. The fraction of sp³-hybridized carbons (Fsp3) is 0.158. The van der Waals surface area contributed by atoms with Crippen LogP contribution in [0.1, 0.15) is 25.0 Å². The van der Waals surface area contributed by atoms with Crippen LogP contribution < -0.4 is 5.32 Å². The molecule has 0 unspecified atom stereocenters. The number of aromatic nitrogens is 1. The molecule has 2 aromatic carbocycles. The molecule has 0 bridgehead atoms. The molecule has 4 rings (SSSR count). The van der Waals surface area contributed by atoms with Crippen molar-refractivity contribution in [2.24, 2.45) is 4.99 Å². The van der Waals surface area contributed by atoms with Crippen LogP contribution in [0.15, 0.2) is 53.7 Å². The number of hydrogen-bond donors (Lipinski definition) is 1. The number of benzene rings is 2. The van der Waals surface area contributed by atoms with Crippen LogP contribution in [-0.2, 0) is 0 Å². The quantitative estimate of drug-likeness (QED) is 0.715. The molecule has 24 heavy (non-hydrogen) atoms. The Hall–Kier alpha value is -2.82. The van der Waals surface area contributed by atoms with E-state index in [0.717, 1.165) is 5.56 Å². The van der Waals surface area contributed by atoms with Crippen molar-refractivity contribution in [3.63, 3.8) is 0 Å². The number of nitrogens with one attached hydrogen (secondary N) is 1. The number of anilines is 1. The minimum Gasteiger partial charge on any atom is -0.359 e. The zero-order valence-corrected chi connectivity index (χ0v) is 13.3. The van der Waals surface area contributed by atoms with Gasteiger partial charge in [0, 0.05) is 22.7 Å². The highest BCUT2D eigenvalue weighted by atomic mass is 19.1. The molecule has 2 heterocycles. The summed E-state index contributed by atoms with van der Waals surface area (Å²) < 4.78 is 28.0. The van der Waals surface area contributed by atoms with E-state index >= 15 is 0 Å². The summed E-state index contributed by atoms with van der Waals surface area (Å²) in [4.78, 5) is 8.93. The Morgan fingerprint density at radius 2 is 1.75 bits per heavy atom. The second-order valence-electron chi connectivity index (χ2n) is 6.34. The lowest BCUT2D eigenvalue weighted by atomic mass is 9.96. The van der Waals surface area contributed by atoms with Gasteiger partial charge in [-0.2, -0.15) is 0 Å². The molecule has 3 aromatic rings. The van der Waals surface area contributed by atoms with Crippen LogP contribution in [0, 0.1) is 11.6 Å². The fourth-order valence-electron chi connectivity index (χ4n) is 3.00. The Morgan fingerprint density at radius 1 is 1.00 bits per heavy atom. The third-order valence-corrected chi connectivity index (χ3v) is 4.03. The molecule has 5 heteroatoms. The van der Waals surface area contributed by atoms with Crippen LogP contribution in [0.5, 0.6) is 0 Å². The SMILES string of the molecule is CC1(C)N=C(c2cnc3c(F)cccc3c2)c2cccc(F)c2N1. The molecule has 1 aliphatic heterocycles. The number of pyridine rings is 1. The summed E-state index contributed by atoms with van der Waals surface area (Å²) >= 11 is 0. The van der Waals surface area contributed by atoms with Gasteiger partial charge in [-0.15, -0.1) is 0 Å². The first-order valence-corrected chi connectivity index (χ1v) is 7.66. The van der Waals surface area contributed by atoms with E-state index in [1.807, 2.05) is 26.0 Å². The Bertz CT molecular complexity index is 993. The van der Waals surface area contributed by atoms with Gasteiger partial charge in [-0.25, -0.2) is 8.78 Å². The van der Waals surface area contributed by atoms with Crippen molar-refractivity contribution in [3.05, 3.63) is 71.4 Å². The van der Waals surface area contributed by atoms with E-state index in [1.54, 1.807) is 24.4 Å². The van der Waals surface area contributed by atoms with Gasteiger partial charge in [-0.1, -0.05) is 24.3 Å². The van der Waals surface area contributed by atoms with Gasteiger partial charge >= 0.3 is 0 Å². The number of nitrogens with zero attached hydrogens (tertiary/aromatic N) is 2. The molecule has 0 spiro atoms. The highest BCUT2D eigenvalue weighted by Gasteiger charge is 2.28. The van der Waals surface area contributed by atoms with Crippen molar-refractivity contribution in [2.45, 2.75) is 19.5 Å². The van der Waals surface area contributed by atoms with Gasteiger partial charge in [0.15, 0.2) is 0 Å². The third-order valence-electron chi connectivity index (χ3n) is 4.03. The van der Waals surface area contributed by atoms with Crippen LogP contribution in [0.25, 0.3) is 10.9 Å². The molecule has 0 saturated carbocycles. The largest absolute Gasteiger partial charge is 0.359 e. The van der Waals surface area contributed by atoms with E-state index < -0.39 is 5.66 Å². The molecule has 0 saturated heterocycles. The monoisotopic (exact) mass is 323 g/mol. The zero-order valence-electron chi connectivity index (χ0n) is 13.3. The van der Waals surface area contributed by atoms with Crippen LogP contribution in [0.2, 0.25) is 0 Å². The summed E-state index contributed by atoms with van der Waals surface area (Å²) in [6, 6.07) is 11.5. The molecule has 1 aromatic heterocycles. The molecular weight excluding hydrogens is 308 g/mol. The van der Waals surface area contributed by atoms with Crippen LogP contribution in [-0.4, -0.2) is 16.4 Å². The highest BCUT2D eigenvalue weighted by Crippen LogP contribution is 2.32. The van der Waals surface area contributed by atoms with Crippen molar-refractivity contribution in [3.8, 4) is 0 Å². The van der Waals surface area contributed by atoms with Crippen LogP contribution >= 0.6 is 0 Å². The van der Waals surface area contributed by atoms with Gasteiger partial charge in [-0.05, 0) is 32.0 Å². The topological polar surface area (TPSA) is 37.3 Å². The third kappa shape index (κ3) is 2.33. The summed E-state index contributed by atoms with van der Waals surface area (Å²) in [5.74, 6) is -0.689. The fourth-order valence-corrected chi connectivity index (χ4v) is 3.00. The molecule has 120 valence electrons. The van der Waals surface area contributed by atoms with E-state index in [1.165, 1.54) is 12.1 Å². The summed E-state index contributed by atoms with van der Waals surface area (Å²) in [6.07, 6.45) is 1.58.